The highest BCUT2D eigenvalue weighted by molar-refractivity contribution is 9.10. The average Bonchev–Trinajstić information content (AvgIpc) is 2.46. The van der Waals surface area contributed by atoms with Gasteiger partial charge in [-0.05, 0) is 30.3 Å². The van der Waals surface area contributed by atoms with Crippen molar-refractivity contribution < 1.29 is 9.90 Å². The molecule has 3 aromatic rings. The minimum atomic E-state index is -0.963. The van der Waals surface area contributed by atoms with Gasteiger partial charge in [0.05, 0.1) is 16.8 Å². The van der Waals surface area contributed by atoms with Gasteiger partial charge in [0.1, 0.15) is 0 Å². The highest BCUT2D eigenvalue weighted by atomic mass is 79.9. The Kier molecular flexibility index (Phi) is 3.20. The third-order valence-corrected chi connectivity index (χ3v) is 3.47. The number of carboxylic acid groups (broad SMARTS) is 1. The quantitative estimate of drug-likeness (QED) is 0.778. The average molecular weight is 329 g/mol. The third-order valence-electron chi connectivity index (χ3n) is 2.98. The van der Waals surface area contributed by atoms with Gasteiger partial charge in [0.15, 0.2) is 0 Å². The summed E-state index contributed by atoms with van der Waals surface area (Å²) in [5, 5.41) is 10.00. The Morgan fingerprint density at radius 3 is 2.55 bits per heavy atom. The molecular weight excluding hydrogens is 320 g/mol. The van der Waals surface area contributed by atoms with Crippen LogP contribution in [-0.2, 0) is 0 Å². The Hall–Kier alpha value is -2.27. The number of benzene rings is 1. The number of halogens is 1. The third kappa shape index (κ3) is 2.28. The zero-order valence-electron chi connectivity index (χ0n) is 10.2. The summed E-state index contributed by atoms with van der Waals surface area (Å²) in [6.07, 6.45) is 3.31. The van der Waals surface area contributed by atoms with Crippen LogP contribution in [0.3, 0.4) is 0 Å². The lowest BCUT2D eigenvalue weighted by Crippen LogP contribution is -2.00. The molecule has 0 saturated carbocycles. The molecule has 2 aromatic heterocycles. The van der Waals surface area contributed by atoms with Crippen molar-refractivity contribution in [2.75, 3.05) is 0 Å². The molecule has 20 heavy (non-hydrogen) atoms. The first-order valence-corrected chi connectivity index (χ1v) is 6.68. The van der Waals surface area contributed by atoms with Crippen LogP contribution in [0, 0.1) is 0 Å². The van der Waals surface area contributed by atoms with Gasteiger partial charge in [0.2, 0.25) is 0 Å². The fraction of sp³-hybridized carbons (Fsp3) is 0. The van der Waals surface area contributed by atoms with Crippen molar-refractivity contribution in [1.82, 2.24) is 9.97 Å². The van der Waals surface area contributed by atoms with Crippen LogP contribution in [0.2, 0.25) is 0 Å². The van der Waals surface area contributed by atoms with Crippen LogP contribution in [0.4, 0.5) is 0 Å². The number of carboxylic acids is 1. The lowest BCUT2D eigenvalue weighted by atomic mass is 10.0. The van der Waals surface area contributed by atoms with E-state index in [1.807, 2.05) is 12.1 Å². The van der Waals surface area contributed by atoms with E-state index in [0.29, 0.717) is 16.6 Å². The van der Waals surface area contributed by atoms with Crippen LogP contribution < -0.4 is 0 Å². The Balaban J connectivity index is 2.32. The fourth-order valence-corrected chi connectivity index (χ4v) is 2.40. The van der Waals surface area contributed by atoms with Crippen LogP contribution in [0.1, 0.15) is 10.4 Å². The number of carbonyl (C=O) groups is 1. The number of aromatic nitrogens is 2. The van der Waals surface area contributed by atoms with Crippen LogP contribution >= 0.6 is 15.9 Å². The van der Waals surface area contributed by atoms with Crippen molar-refractivity contribution >= 4 is 32.8 Å². The van der Waals surface area contributed by atoms with Gasteiger partial charge in [-0.15, -0.1) is 0 Å². The molecule has 1 N–H and O–H groups in total. The maximum Gasteiger partial charge on any atom is 0.336 e. The topological polar surface area (TPSA) is 63.1 Å². The summed E-state index contributed by atoms with van der Waals surface area (Å²) < 4.78 is 0.862. The molecule has 98 valence electrons. The number of hydrogen-bond donors (Lipinski definition) is 1. The van der Waals surface area contributed by atoms with Crippen LogP contribution in [0.15, 0.2) is 53.3 Å². The molecule has 0 spiro atoms. The van der Waals surface area contributed by atoms with Crippen molar-refractivity contribution in [2.24, 2.45) is 0 Å². The van der Waals surface area contributed by atoms with E-state index >= 15 is 0 Å². The largest absolute Gasteiger partial charge is 0.478 e. The molecule has 0 bridgehead atoms. The zero-order chi connectivity index (χ0) is 14.1. The van der Waals surface area contributed by atoms with Crippen molar-refractivity contribution in [3.63, 3.8) is 0 Å². The molecule has 0 aliphatic rings. The number of pyridine rings is 2. The molecule has 0 unspecified atom stereocenters. The summed E-state index contributed by atoms with van der Waals surface area (Å²) in [6.45, 7) is 0. The Labute approximate surface area is 123 Å². The van der Waals surface area contributed by atoms with Gasteiger partial charge in [-0.1, -0.05) is 22.0 Å². The summed E-state index contributed by atoms with van der Waals surface area (Å²) in [7, 11) is 0. The molecule has 0 amide bonds. The number of rotatable bonds is 2. The van der Waals surface area contributed by atoms with E-state index in [9.17, 15) is 9.90 Å². The Morgan fingerprint density at radius 2 is 1.85 bits per heavy atom. The molecule has 4 nitrogen and oxygen atoms in total. The minimum absolute atomic E-state index is 0.245. The Bertz CT molecular complexity index is 804. The number of aromatic carboxylic acids is 1. The van der Waals surface area contributed by atoms with E-state index in [-0.39, 0.29) is 5.56 Å². The van der Waals surface area contributed by atoms with E-state index in [4.69, 9.17) is 0 Å². The fourth-order valence-electron chi connectivity index (χ4n) is 2.05. The minimum Gasteiger partial charge on any atom is -0.478 e. The van der Waals surface area contributed by atoms with Crippen molar-refractivity contribution in [1.29, 1.82) is 0 Å². The van der Waals surface area contributed by atoms with Crippen molar-refractivity contribution in [3.8, 4) is 11.3 Å². The summed E-state index contributed by atoms with van der Waals surface area (Å²) >= 11 is 3.38. The SMILES string of the molecule is O=C(O)c1cc(-c2ccncc2)nc2cc(Br)ccc12. The second-order valence-corrected chi connectivity index (χ2v) is 5.17. The molecule has 0 atom stereocenters. The van der Waals surface area contributed by atoms with Crippen LogP contribution in [0.25, 0.3) is 22.2 Å². The zero-order valence-corrected chi connectivity index (χ0v) is 11.8. The van der Waals surface area contributed by atoms with E-state index < -0.39 is 5.97 Å². The maximum atomic E-state index is 11.4. The summed E-state index contributed by atoms with van der Waals surface area (Å²) in [5.74, 6) is -0.963. The van der Waals surface area contributed by atoms with E-state index in [0.717, 1.165) is 10.0 Å². The first-order chi connectivity index (χ1) is 9.65. The molecule has 0 aliphatic heterocycles. The Morgan fingerprint density at radius 1 is 1.10 bits per heavy atom. The van der Waals surface area contributed by atoms with Gasteiger partial charge in [0, 0.05) is 27.8 Å². The van der Waals surface area contributed by atoms with E-state index in [1.54, 1.807) is 36.7 Å². The maximum absolute atomic E-state index is 11.4. The predicted molar refractivity (Wildman–Crippen MR) is 79.6 cm³/mol. The van der Waals surface area contributed by atoms with Gasteiger partial charge in [0.25, 0.3) is 0 Å². The molecule has 1 aromatic carbocycles. The molecule has 5 heteroatoms. The normalized spacial score (nSPS) is 10.7. The van der Waals surface area contributed by atoms with Crippen molar-refractivity contribution in [3.05, 3.63) is 58.8 Å². The number of nitrogens with zero attached hydrogens (tertiary/aromatic N) is 2. The molecule has 0 saturated heterocycles. The van der Waals surface area contributed by atoms with E-state index in [1.165, 1.54) is 0 Å². The molecule has 3 rings (SSSR count). The van der Waals surface area contributed by atoms with Gasteiger partial charge in [-0.3, -0.25) is 4.98 Å². The second-order valence-electron chi connectivity index (χ2n) is 4.26. The van der Waals surface area contributed by atoms with Gasteiger partial charge in [-0.2, -0.15) is 0 Å². The molecule has 0 fully saturated rings. The van der Waals surface area contributed by atoms with Gasteiger partial charge in [-0.25, -0.2) is 9.78 Å². The summed E-state index contributed by atoms with van der Waals surface area (Å²) in [5.41, 5.74) is 2.35. The molecule has 2 heterocycles. The lowest BCUT2D eigenvalue weighted by molar-refractivity contribution is 0.0699. The smallest absolute Gasteiger partial charge is 0.336 e. The monoisotopic (exact) mass is 328 g/mol. The summed E-state index contributed by atoms with van der Waals surface area (Å²) in [4.78, 5) is 19.9. The molecule has 0 aliphatic carbocycles. The van der Waals surface area contributed by atoms with Crippen LogP contribution in [0.5, 0.6) is 0 Å². The highest BCUT2D eigenvalue weighted by Gasteiger charge is 2.13. The lowest BCUT2D eigenvalue weighted by Gasteiger charge is -2.07. The second kappa shape index (κ2) is 5.02. The standard InChI is InChI=1S/C15H9BrN2O2/c16-10-1-2-11-12(15(19)20)8-13(18-14(11)7-10)9-3-5-17-6-4-9/h1-8H,(H,19,20). The highest BCUT2D eigenvalue weighted by Crippen LogP contribution is 2.26. The van der Waals surface area contributed by atoms with Gasteiger partial charge >= 0.3 is 5.97 Å². The number of hydrogen-bond acceptors (Lipinski definition) is 3. The summed E-state index contributed by atoms with van der Waals surface area (Å²) in [6, 6.07) is 10.6. The molecule has 0 radical (unpaired) electrons. The predicted octanol–water partition coefficient (Wildman–Crippen LogP) is 3.76. The first-order valence-electron chi connectivity index (χ1n) is 5.89. The van der Waals surface area contributed by atoms with E-state index in [2.05, 4.69) is 25.9 Å². The van der Waals surface area contributed by atoms with Crippen LogP contribution in [-0.4, -0.2) is 21.0 Å². The number of fused-ring (bicyclic) bond motifs is 1. The molecular formula is C15H9BrN2O2. The van der Waals surface area contributed by atoms with Crippen molar-refractivity contribution in [2.45, 2.75) is 0 Å². The van der Waals surface area contributed by atoms with Gasteiger partial charge < -0.3 is 5.11 Å². The first kappa shape index (κ1) is 12.7.